The van der Waals surface area contributed by atoms with Crippen LogP contribution in [-0.4, -0.2) is 34.2 Å². The number of fused-ring (bicyclic) bond motifs is 2. The number of carbonyl (C=O) groups is 1. The summed E-state index contributed by atoms with van der Waals surface area (Å²) in [6, 6.07) is 9.26. The number of hydrogen-bond donors (Lipinski definition) is 1. The van der Waals surface area contributed by atoms with Gasteiger partial charge in [0, 0.05) is 30.4 Å². The number of benzene rings is 1. The van der Waals surface area contributed by atoms with Gasteiger partial charge in [-0.25, -0.2) is 4.68 Å². The molecule has 25 heavy (non-hydrogen) atoms. The first-order valence-corrected chi connectivity index (χ1v) is 9.05. The van der Waals surface area contributed by atoms with E-state index in [1.54, 1.807) is 36.6 Å². The van der Waals surface area contributed by atoms with Gasteiger partial charge in [0.25, 0.3) is 11.5 Å². The van der Waals surface area contributed by atoms with E-state index in [9.17, 15) is 9.59 Å². The van der Waals surface area contributed by atoms with E-state index in [1.165, 1.54) is 15.1 Å². The summed E-state index contributed by atoms with van der Waals surface area (Å²) >= 11 is 1.78. The highest BCUT2D eigenvalue weighted by Crippen LogP contribution is 2.24. The number of aromatic nitrogens is 2. The van der Waals surface area contributed by atoms with E-state index in [0.29, 0.717) is 17.4 Å². The van der Waals surface area contributed by atoms with Gasteiger partial charge in [-0.1, -0.05) is 18.2 Å². The molecule has 3 aromatic rings. The number of thiophene rings is 1. The monoisotopic (exact) mass is 354 g/mol. The molecule has 1 aliphatic heterocycles. The molecule has 0 atom stereocenters. The largest absolute Gasteiger partial charge is 0.354 e. The van der Waals surface area contributed by atoms with Gasteiger partial charge in [0.15, 0.2) is 5.69 Å². The average Bonchev–Trinajstić information content (AvgIpc) is 3.11. The van der Waals surface area contributed by atoms with Gasteiger partial charge in [-0.3, -0.25) is 14.5 Å². The fourth-order valence-corrected chi connectivity index (χ4v) is 4.12. The predicted molar refractivity (Wildman–Crippen MR) is 97.8 cm³/mol. The maximum Gasteiger partial charge on any atom is 0.275 e. The van der Waals surface area contributed by atoms with Crippen molar-refractivity contribution >= 4 is 28.0 Å². The predicted octanol–water partition coefficient (Wildman–Crippen LogP) is 1.83. The van der Waals surface area contributed by atoms with Crippen LogP contribution >= 0.6 is 11.3 Å². The van der Waals surface area contributed by atoms with Crippen LogP contribution in [0, 0.1) is 0 Å². The Balaban J connectivity index is 1.74. The molecule has 0 unspecified atom stereocenters. The van der Waals surface area contributed by atoms with Gasteiger partial charge in [0.05, 0.1) is 12.1 Å². The lowest BCUT2D eigenvalue weighted by Crippen LogP contribution is -2.38. The number of rotatable bonds is 3. The molecule has 7 heteroatoms. The molecule has 3 heterocycles. The van der Waals surface area contributed by atoms with Crippen molar-refractivity contribution in [2.45, 2.75) is 19.6 Å². The summed E-state index contributed by atoms with van der Waals surface area (Å²) in [5.74, 6) is -0.288. The molecule has 2 aromatic heterocycles. The molecular weight excluding hydrogens is 336 g/mol. The maximum absolute atomic E-state index is 12.8. The number of nitrogens with zero attached hydrogens (tertiary/aromatic N) is 3. The first-order valence-electron chi connectivity index (χ1n) is 8.17. The molecule has 0 saturated heterocycles. The van der Waals surface area contributed by atoms with E-state index in [4.69, 9.17) is 0 Å². The molecule has 1 aliphatic rings. The minimum atomic E-state index is -0.288. The number of hydrogen-bond acceptors (Lipinski definition) is 5. The summed E-state index contributed by atoms with van der Waals surface area (Å²) < 4.78 is 1.41. The summed E-state index contributed by atoms with van der Waals surface area (Å²) in [5, 5.41) is 10.2. The van der Waals surface area contributed by atoms with Gasteiger partial charge in [-0.15, -0.1) is 11.3 Å². The Kier molecular flexibility index (Phi) is 4.10. The van der Waals surface area contributed by atoms with Crippen molar-refractivity contribution in [2.75, 3.05) is 13.6 Å². The summed E-state index contributed by atoms with van der Waals surface area (Å²) in [5.41, 5.74) is 1.43. The Bertz CT molecular complexity index is 1010. The van der Waals surface area contributed by atoms with Crippen molar-refractivity contribution in [3.05, 3.63) is 62.2 Å². The van der Waals surface area contributed by atoms with Crippen LogP contribution in [0.2, 0.25) is 0 Å². The molecule has 0 radical (unpaired) electrons. The zero-order chi connectivity index (χ0) is 17.4. The lowest BCUT2D eigenvalue weighted by molar-refractivity contribution is 0.0955. The molecule has 6 nitrogen and oxygen atoms in total. The van der Waals surface area contributed by atoms with E-state index in [2.05, 4.69) is 26.8 Å². The second-order valence-electron chi connectivity index (χ2n) is 6.09. The third-order valence-electron chi connectivity index (χ3n) is 4.53. The van der Waals surface area contributed by atoms with Gasteiger partial charge in [0.1, 0.15) is 0 Å². The normalized spacial score (nSPS) is 14.4. The lowest BCUT2D eigenvalue weighted by Gasteiger charge is -2.27. The number of carbonyl (C=O) groups excluding carboxylic acids is 1. The van der Waals surface area contributed by atoms with Gasteiger partial charge < -0.3 is 5.32 Å². The highest BCUT2D eigenvalue weighted by molar-refractivity contribution is 7.10. The number of nitrogens with one attached hydrogen (secondary N) is 1. The molecule has 0 spiro atoms. The van der Waals surface area contributed by atoms with Crippen molar-refractivity contribution in [2.24, 2.45) is 0 Å². The van der Waals surface area contributed by atoms with Crippen molar-refractivity contribution in [3.8, 4) is 0 Å². The van der Waals surface area contributed by atoms with Gasteiger partial charge in [-0.2, -0.15) is 5.10 Å². The Morgan fingerprint density at radius 2 is 2.08 bits per heavy atom. The topological polar surface area (TPSA) is 67.2 Å². The molecule has 1 aromatic carbocycles. The van der Waals surface area contributed by atoms with Gasteiger partial charge in [0.2, 0.25) is 0 Å². The number of amides is 1. The molecule has 0 saturated carbocycles. The first-order chi connectivity index (χ1) is 12.2. The van der Waals surface area contributed by atoms with Crippen LogP contribution in [0.25, 0.3) is 10.8 Å². The van der Waals surface area contributed by atoms with Crippen LogP contribution in [0.3, 0.4) is 0 Å². The van der Waals surface area contributed by atoms with E-state index >= 15 is 0 Å². The zero-order valence-electron chi connectivity index (χ0n) is 13.9. The van der Waals surface area contributed by atoms with Crippen LogP contribution in [-0.2, 0) is 19.6 Å². The van der Waals surface area contributed by atoms with Crippen molar-refractivity contribution in [1.82, 2.24) is 20.0 Å². The molecule has 128 valence electrons. The highest BCUT2D eigenvalue weighted by Gasteiger charge is 2.20. The third-order valence-corrected chi connectivity index (χ3v) is 5.55. The van der Waals surface area contributed by atoms with E-state index in [-0.39, 0.29) is 17.2 Å². The summed E-state index contributed by atoms with van der Waals surface area (Å²) in [6.45, 7) is 2.06. The summed E-state index contributed by atoms with van der Waals surface area (Å²) in [4.78, 5) is 28.6. The van der Waals surface area contributed by atoms with E-state index in [1.807, 2.05) is 6.07 Å². The fraction of sp³-hybridized carbons (Fsp3) is 0.278. The third kappa shape index (κ3) is 2.85. The van der Waals surface area contributed by atoms with Crippen molar-refractivity contribution in [1.29, 1.82) is 0 Å². The van der Waals surface area contributed by atoms with Crippen molar-refractivity contribution < 1.29 is 4.79 Å². The van der Waals surface area contributed by atoms with Crippen molar-refractivity contribution in [3.63, 3.8) is 0 Å². The Hall–Kier alpha value is -2.51. The molecule has 1 N–H and O–H groups in total. The van der Waals surface area contributed by atoms with Crippen LogP contribution < -0.4 is 10.9 Å². The van der Waals surface area contributed by atoms with Crippen LogP contribution in [0.1, 0.15) is 20.9 Å². The molecular formula is C18H18N4O2S. The second-order valence-corrected chi connectivity index (χ2v) is 7.09. The van der Waals surface area contributed by atoms with Crippen LogP contribution in [0.15, 0.2) is 40.5 Å². The van der Waals surface area contributed by atoms with Crippen LogP contribution in [0.4, 0.5) is 0 Å². The minimum Gasteiger partial charge on any atom is -0.354 e. The maximum atomic E-state index is 12.8. The lowest BCUT2D eigenvalue weighted by atomic mass is 10.1. The SMILES string of the molecule is CNC(=O)c1nn(CN2CCc3sccc3C2)c(=O)c2ccccc12. The molecule has 0 aliphatic carbocycles. The van der Waals surface area contributed by atoms with Crippen LogP contribution in [0.5, 0.6) is 0 Å². The summed E-state index contributed by atoms with van der Waals surface area (Å²) in [7, 11) is 1.57. The quantitative estimate of drug-likeness (QED) is 0.779. The molecule has 1 amide bonds. The second kappa shape index (κ2) is 6.42. The fourth-order valence-electron chi connectivity index (χ4n) is 3.23. The summed E-state index contributed by atoms with van der Waals surface area (Å²) in [6.07, 6.45) is 0.984. The standard InChI is InChI=1S/C18H18N4O2S/c1-19-17(23)16-13-4-2-3-5-14(13)18(24)22(20-16)11-21-8-6-15-12(10-21)7-9-25-15/h2-5,7,9H,6,8,10-11H2,1H3,(H,19,23). The molecule has 0 bridgehead atoms. The minimum absolute atomic E-state index is 0.167. The Labute approximate surface area is 148 Å². The van der Waals surface area contributed by atoms with Gasteiger partial charge in [-0.05, 0) is 29.5 Å². The Morgan fingerprint density at radius 1 is 1.28 bits per heavy atom. The molecule has 4 rings (SSSR count). The first kappa shape index (κ1) is 16.0. The van der Waals surface area contributed by atoms with E-state index < -0.39 is 0 Å². The van der Waals surface area contributed by atoms with Gasteiger partial charge >= 0.3 is 0 Å². The molecule has 0 fully saturated rings. The highest BCUT2D eigenvalue weighted by atomic mass is 32.1. The smallest absolute Gasteiger partial charge is 0.275 e. The Morgan fingerprint density at radius 3 is 2.88 bits per heavy atom. The van der Waals surface area contributed by atoms with E-state index in [0.717, 1.165) is 19.5 Å². The zero-order valence-corrected chi connectivity index (χ0v) is 14.7. The average molecular weight is 354 g/mol.